The van der Waals surface area contributed by atoms with Crippen LogP contribution < -0.4 is 66.6 Å². The number of nitrogens with zero attached hydrogens (tertiary/aromatic N) is 6. The molecule has 0 fully saturated rings. The zero-order chi connectivity index (χ0) is 25.7. The van der Waals surface area contributed by atoms with Crippen LogP contribution in [0.4, 0.5) is 0 Å². The molecule has 11 nitrogen and oxygen atoms in total. The zero-order valence-corrected chi connectivity index (χ0v) is 27.5. The van der Waals surface area contributed by atoms with Crippen LogP contribution in [0.25, 0.3) is 22.5 Å². The summed E-state index contributed by atoms with van der Waals surface area (Å²) in [6, 6.07) is 7.88. The molecule has 0 N–H and O–H groups in total. The highest BCUT2D eigenvalue weighted by atomic mass is 127. The van der Waals surface area contributed by atoms with Gasteiger partial charge in [-0.15, -0.1) is 8.75 Å². The van der Waals surface area contributed by atoms with Gasteiger partial charge in [0.25, 0.3) is 11.8 Å². The molecule has 0 aliphatic carbocycles. The van der Waals surface area contributed by atoms with Crippen molar-refractivity contribution in [2.45, 2.75) is 0 Å². The molecule has 4 heterocycles. The van der Waals surface area contributed by atoms with Crippen molar-refractivity contribution >= 4 is 23.5 Å². The maximum Gasteiger partial charge on any atom is 0.254 e. The number of halogens is 2. The second kappa shape index (κ2) is 18.7. The summed E-state index contributed by atoms with van der Waals surface area (Å²) in [5, 5.41) is 0. The van der Waals surface area contributed by atoms with Crippen LogP contribution in [0.3, 0.4) is 0 Å². The number of aromatic nitrogens is 6. The Hall–Kier alpha value is -1.64. The first-order valence-corrected chi connectivity index (χ1v) is 13.2. The van der Waals surface area contributed by atoms with E-state index in [0.717, 1.165) is 46.0 Å². The summed E-state index contributed by atoms with van der Waals surface area (Å²) in [6.45, 7) is 3.55. The van der Waals surface area contributed by atoms with Crippen molar-refractivity contribution in [3.8, 4) is 34.3 Å². The van der Waals surface area contributed by atoms with E-state index in [1.54, 1.807) is 0 Å². The molecule has 212 valence electrons. The lowest BCUT2D eigenvalue weighted by atomic mass is 10.2. The van der Waals surface area contributed by atoms with Crippen LogP contribution in [-0.2, 0) is 28.3 Å². The first kappa shape index (κ1) is 33.6. The molecule has 0 aliphatic heterocycles. The third-order valence-corrected chi connectivity index (χ3v) is 6.04. The van der Waals surface area contributed by atoms with Gasteiger partial charge in [0.15, 0.2) is 36.2 Å². The summed E-state index contributed by atoms with van der Waals surface area (Å²) in [5.41, 5.74) is 3.40. The van der Waals surface area contributed by atoms with Crippen LogP contribution in [0.15, 0.2) is 49.1 Å². The fraction of sp³-hybridized carbons (Fsp3) is 0.417. The van der Waals surface area contributed by atoms with Crippen LogP contribution in [0, 0.1) is 0 Å². The normalized spacial score (nSPS) is 10.5. The second-order valence-corrected chi connectivity index (χ2v) is 8.94. The highest BCUT2D eigenvalue weighted by molar-refractivity contribution is 6.99. The van der Waals surface area contributed by atoms with Crippen LogP contribution in [0.1, 0.15) is 0 Å². The van der Waals surface area contributed by atoms with Crippen molar-refractivity contribution in [2.24, 2.45) is 14.1 Å². The predicted octanol–water partition coefficient (Wildman–Crippen LogP) is -4.11. The first-order chi connectivity index (χ1) is 18.2. The van der Waals surface area contributed by atoms with Gasteiger partial charge in [0.1, 0.15) is 27.3 Å². The number of pyridine rings is 2. The van der Waals surface area contributed by atoms with Gasteiger partial charge in [0, 0.05) is 12.1 Å². The van der Waals surface area contributed by atoms with E-state index in [4.69, 9.17) is 23.7 Å². The predicted molar refractivity (Wildman–Crippen MR) is 136 cm³/mol. The third-order valence-electron chi connectivity index (χ3n) is 5.02. The minimum Gasteiger partial charge on any atom is -1.00 e. The summed E-state index contributed by atoms with van der Waals surface area (Å²) in [4.78, 5) is 0. The topological polar surface area (TPSA) is 105 Å². The lowest BCUT2D eigenvalue weighted by molar-refractivity contribution is -0.671. The van der Waals surface area contributed by atoms with Gasteiger partial charge in [-0.05, 0) is 12.1 Å². The van der Waals surface area contributed by atoms with E-state index in [1.165, 1.54) is 0 Å². The molecular formula is C24H30I2N6O5S2. The Morgan fingerprint density at radius 2 is 0.974 bits per heavy atom. The smallest absolute Gasteiger partial charge is 0.254 e. The van der Waals surface area contributed by atoms with Gasteiger partial charge in [-0.3, -0.25) is 0 Å². The fourth-order valence-corrected chi connectivity index (χ4v) is 4.33. The van der Waals surface area contributed by atoms with E-state index in [0.29, 0.717) is 64.6 Å². The van der Waals surface area contributed by atoms with Crippen molar-refractivity contribution in [2.75, 3.05) is 52.9 Å². The molecule has 0 radical (unpaired) electrons. The van der Waals surface area contributed by atoms with Crippen molar-refractivity contribution in [3.05, 3.63) is 49.1 Å². The van der Waals surface area contributed by atoms with E-state index < -0.39 is 0 Å². The second-order valence-electron chi connectivity index (χ2n) is 7.89. The molecule has 4 aromatic heterocycles. The molecule has 39 heavy (non-hydrogen) atoms. The molecule has 0 saturated heterocycles. The third kappa shape index (κ3) is 11.0. The number of aryl methyl sites for hydroxylation is 2. The molecule has 0 aliphatic rings. The van der Waals surface area contributed by atoms with Crippen LogP contribution in [-0.4, -0.2) is 70.3 Å². The quantitative estimate of drug-likeness (QED) is 0.0636. The highest BCUT2D eigenvalue weighted by Gasteiger charge is 2.15. The minimum absolute atomic E-state index is 0. The Kier molecular flexibility index (Phi) is 16.1. The van der Waals surface area contributed by atoms with Gasteiger partial charge in [-0.2, -0.15) is 8.75 Å². The van der Waals surface area contributed by atoms with E-state index in [2.05, 4.69) is 17.5 Å². The van der Waals surface area contributed by atoms with Crippen LogP contribution >= 0.6 is 23.5 Å². The SMILES string of the molecule is C[n+]1cccc(-c2nsnc2OCCOCCOCCOCCOc2nsnc2-c2ccc[n+](C)c2)c1.[I-].[I-]. The maximum absolute atomic E-state index is 5.74. The molecule has 0 spiro atoms. The van der Waals surface area contributed by atoms with E-state index in [9.17, 15) is 0 Å². The Labute approximate surface area is 270 Å². The Morgan fingerprint density at radius 1 is 0.590 bits per heavy atom. The van der Waals surface area contributed by atoms with Crippen LogP contribution in [0.5, 0.6) is 11.8 Å². The minimum atomic E-state index is 0. The Morgan fingerprint density at radius 3 is 1.36 bits per heavy atom. The van der Waals surface area contributed by atoms with Crippen molar-refractivity contribution in [1.82, 2.24) is 17.5 Å². The summed E-state index contributed by atoms with van der Waals surface area (Å²) >= 11 is 2.26. The first-order valence-electron chi connectivity index (χ1n) is 11.8. The number of hydrogen-bond donors (Lipinski definition) is 0. The standard InChI is InChI=1S/C24H30N6O5S2.2HI/c1-29-7-3-5-19(17-29)21-23(27-36-25-21)34-15-13-32-11-9-31-10-12-33-14-16-35-24-22(26-37-28-24)20-6-4-8-30(2)18-20;;/h3-8,17-18H,9-16H2,1-2H3;2*1H/q+2;;/p-2. The summed E-state index contributed by atoms with van der Waals surface area (Å²) in [7, 11) is 3.92. The van der Waals surface area contributed by atoms with Gasteiger partial charge in [-0.25, -0.2) is 9.13 Å². The van der Waals surface area contributed by atoms with E-state index in [1.807, 2.05) is 72.3 Å². The van der Waals surface area contributed by atoms with E-state index >= 15 is 0 Å². The van der Waals surface area contributed by atoms with Crippen molar-refractivity contribution in [1.29, 1.82) is 0 Å². The Bertz CT molecular complexity index is 1160. The van der Waals surface area contributed by atoms with Crippen molar-refractivity contribution in [3.63, 3.8) is 0 Å². The summed E-state index contributed by atoms with van der Waals surface area (Å²) in [6.07, 6.45) is 7.89. The molecule has 15 heteroatoms. The fourth-order valence-electron chi connectivity index (χ4n) is 3.30. The summed E-state index contributed by atoms with van der Waals surface area (Å²) in [5.74, 6) is 1.04. The summed E-state index contributed by atoms with van der Waals surface area (Å²) < 4.78 is 49.2. The highest BCUT2D eigenvalue weighted by Crippen LogP contribution is 2.27. The molecule has 0 bridgehead atoms. The lowest BCUT2D eigenvalue weighted by Gasteiger charge is -2.08. The van der Waals surface area contributed by atoms with Gasteiger partial charge in [0.2, 0.25) is 0 Å². The molecular weight excluding hydrogens is 770 g/mol. The monoisotopic (exact) mass is 800 g/mol. The van der Waals surface area contributed by atoms with Gasteiger partial charge >= 0.3 is 0 Å². The Balaban J connectivity index is 0.00000267. The average Bonchev–Trinajstić information content (AvgIpc) is 3.56. The van der Waals surface area contributed by atoms with Crippen LogP contribution in [0.2, 0.25) is 0 Å². The number of rotatable bonds is 16. The molecule has 0 amide bonds. The molecule has 0 saturated carbocycles. The molecule has 4 rings (SSSR count). The van der Waals surface area contributed by atoms with Crippen molar-refractivity contribution < 1.29 is 80.8 Å². The zero-order valence-electron chi connectivity index (χ0n) is 21.6. The number of hydrogen-bond acceptors (Lipinski definition) is 11. The average molecular weight is 800 g/mol. The number of ether oxygens (including phenoxy) is 5. The van der Waals surface area contributed by atoms with E-state index in [-0.39, 0.29) is 48.0 Å². The lowest BCUT2D eigenvalue weighted by Crippen LogP contribution is -3.00. The van der Waals surface area contributed by atoms with Gasteiger partial charge < -0.3 is 71.6 Å². The molecule has 0 aromatic carbocycles. The maximum atomic E-state index is 5.74. The molecule has 0 atom stereocenters. The largest absolute Gasteiger partial charge is 1.00 e. The molecule has 4 aromatic rings. The molecule has 0 unspecified atom stereocenters. The van der Waals surface area contributed by atoms with Gasteiger partial charge in [0.05, 0.1) is 74.2 Å². The van der Waals surface area contributed by atoms with Gasteiger partial charge in [-0.1, -0.05) is 0 Å².